The molecule has 1 aliphatic rings. The number of hydrogen-bond donors (Lipinski definition) is 1. The van der Waals surface area contributed by atoms with Crippen LogP contribution in [0, 0.1) is 12.8 Å². The molecule has 1 saturated heterocycles. The predicted molar refractivity (Wildman–Crippen MR) is 91.3 cm³/mol. The summed E-state index contributed by atoms with van der Waals surface area (Å²) in [5.74, 6) is 1.06. The molecule has 3 heterocycles. The molecular weight excluding hydrogens is 304 g/mol. The Morgan fingerprint density at radius 1 is 1.29 bits per heavy atom. The van der Waals surface area contributed by atoms with Gasteiger partial charge < -0.3 is 10.6 Å². The number of nitrogens with two attached hydrogens (primary N) is 1. The second-order valence-electron chi connectivity index (χ2n) is 6.53. The Kier molecular flexibility index (Phi) is 4.78. The van der Waals surface area contributed by atoms with E-state index in [4.69, 9.17) is 5.73 Å². The van der Waals surface area contributed by atoms with Crippen molar-refractivity contribution in [2.45, 2.75) is 32.6 Å². The molecule has 7 nitrogen and oxygen atoms in total. The maximum atomic E-state index is 12.7. The van der Waals surface area contributed by atoms with Crippen molar-refractivity contribution in [3.05, 3.63) is 35.5 Å². The van der Waals surface area contributed by atoms with Gasteiger partial charge in [-0.25, -0.2) is 4.98 Å². The summed E-state index contributed by atoms with van der Waals surface area (Å²) in [6.45, 7) is 3.46. The number of nitrogens with zero attached hydrogens (tertiary/aromatic N) is 5. The summed E-state index contributed by atoms with van der Waals surface area (Å²) in [6, 6.07) is 0. The Labute approximate surface area is 141 Å². The van der Waals surface area contributed by atoms with Crippen molar-refractivity contribution in [3.8, 4) is 0 Å². The van der Waals surface area contributed by atoms with Crippen LogP contribution in [0.2, 0.25) is 0 Å². The van der Waals surface area contributed by atoms with Gasteiger partial charge in [0.2, 0.25) is 0 Å². The molecule has 0 unspecified atom stereocenters. The van der Waals surface area contributed by atoms with Gasteiger partial charge in [-0.3, -0.25) is 14.5 Å². The first-order valence-corrected chi connectivity index (χ1v) is 8.39. The number of carbonyl (C=O) groups is 1. The molecule has 2 N–H and O–H groups in total. The van der Waals surface area contributed by atoms with Crippen LogP contribution in [0.15, 0.2) is 18.6 Å². The van der Waals surface area contributed by atoms with Crippen LogP contribution in [-0.4, -0.2) is 43.6 Å². The molecule has 24 heavy (non-hydrogen) atoms. The Bertz CT molecular complexity index is 708. The van der Waals surface area contributed by atoms with E-state index in [2.05, 4.69) is 15.1 Å². The first kappa shape index (κ1) is 16.4. The van der Waals surface area contributed by atoms with Crippen molar-refractivity contribution in [3.63, 3.8) is 0 Å². The highest BCUT2D eigenvalue weighted by atomic mass is 16.2. The summed E-state index contributed by atoms with van der Waals surface area (Å²) in [7, 11) is 1.84. The van der Waals surface area contributed by atoms with Crippen LogP contribution < -0.4 is 5.73 Å². The van der Waals surface area contributed by atoms with Gasteiger partial charge in [-0.15, -0.1) is 0 Å². The molecule has 2 aromatic rings. The number of likely N-dealkylation sites (tertiary alicyclic amines) is 1. The van der Waals surface area contributed by atoms with Crippen LogP contribution in [0.25, 0.3) is 0 Å². The molecule has 0 aliphatic carbocycles. The number of hydrogen-bond acceptors (Lipinski definition) is 5. The van der Waals surface area contributed by atoms with Crippen LogP contribution in [0.5, 0.6) is 0 Å². The third kappa shape index (κ3) is 3.72. The van der Waals surface area contributed by atoms with Crippen molar-refractivity contribution in [1.29, 1.82) is 0 Å². The van der Waals surface area contributed by atoms with E-state index in [9.17, 15) is 4.79 Å². The molecule has 1 fully saturated rings. The molecule has 128 valence electrons. The normalized spacial score (nSPS) is 18.4. The second-order valence-corrected chi connectivity index (χ2v) is 6.53. The first-order valence-electron chi connectivity index (χ1n) is 8.39. The largest absolute Gasteiger partial charge is 0.382 e. The van der Waals surface area contributed by atoms with Crippen LogP contribution in [0.4, 0.5) is 5.82 Å². The average Bonchev–Trinajstić information content (AvgIpc) is 2.75. The van der Waals surface area contributed by atoms with Crippen LogP contribution >= 0.6 is 0 Å². The minimum absolute atomic E-state index is 0.0912. The van der Waals surface area contributed by atoms with Crippen molar-refractivity contribution < 1.29 is 4.79 Å². The average molecular weight is 328 g/mol. The van der Waals surface area contributed by atoms with Gasteiger partial charge >= 0.3 is 0 Å². The van der Waals surface area contributed by atoms with Gasteiger partial charge in [0.1, 0.15) is 5.82 Å². The smallest absolute Gasteiger partial charge is 0.257 e. The van der Waals surface area contributed by atoms with E-state index >= 15 is 0 Å². The van der Waals surface area contributed by atoms with Crippen LogP contribution in [-0.2, 0) is 13.5 Å². The molecule has 1 amide bonds. The number of anilines is 1. The Morgan fingerprint density at radius 2 is 2.12 bits per heavy atom. The Balaban J connectivity index is 1.61. The maximum Gasteiger partial charge on any atom is 0.257 e. The topological polar surface area (TPSA) is 89.9 Å². The Hall–Kier alpha value is -2.44. The number of carbonyl (C=O) groups excluding carboxylic acids is 1. The third-order valence-corrected chi connectivity index (χ3v) is 4.60. The lowest BCUT2D eigenvalue weighted by molar-refractivity contribution is 0.0759. The van der Waals surface area contributed by atoms with Crippen LogP contribution in [0.1, 0.15) is 41.0 Å². The van der Waals surface area contributed by atoms with E-state index in [1.165, 1.54) is 0 Å². The number of aryl methyl sites for hydroxylation is 2. The summed E-state index contributed by atoms with van der Waals surface area (Å²) in [5, 5.41) is 4.27. The maximum absolute atomic E-state index is 12.7. The molecule has 0 spiro atoms. The molecule has 0 bridgehead atoms. The summed E-state index contributed by atoms with van der Waals surface area (Å²) in [4.78, 5) is 23.1. The third-order valence-electron chi connectivity index (χ3n) is 4.60. The monoisotopic (exact) mass is 328 g/mol. The van der Waals surface area contributed by atoms with Gasteiger partial charge in [-0.2, -0.15) is 5.10 Å². The quantitative estimate of drug-likeness (QED) is 0.924. The minimum Gasteiger partial charge on any atom is -0.382 e. The zero-order valence-corrected chi connectivity index (χ0v) is 14.3. The fourth-order valence-corrected chi connectivity index (χ4v) is 3.32. The number of rotatable bonds is 3. The fourth-order valence-electron chi connectivity index (χ4n) is 3.32. The lowest BCUT2D eigenvalue weighted by Gasteiger charge is -2.20. The van der Waals surface area contributed by atoms with E-state index in [0.29, 0.717) is 17.3 Å². The van der Waals surface area contributed by atoms with Crippen molar-refractivity contribution in [1.82, 2.24) is 24.6 Å². The van der Waals surface area contributed by atoms with E-state index < -0.39 is 0 Å². The molecule has 3 rings (SSSR count). The van der Waals surface area contributed by atoms with Gasteiger partial charge in [0.05, 0.1) is 29.3 Å². The summed E-state index contributed by atoms with van der Waals surface area (Å²) in [5.41, 5.74) is 8.05. The SMILES string of the molecule is Cc1nn(C)cc1C(=O)N1CCC[C@H](Cc2cnc(N)cn2)CC1. The fraction of sp³-hybridized carbons (Fsp3) is 0.529. The lowest BCUT2D eigenvalue weighted by Crippen LogP contribution is -2.32. The number of amides is 1. The van der Waals surface area contributed by atoms with Gasteiger partial charge in [-0.1, -0.05) is 0 Å². The van der Waals surface area contributed by atoms with E-state index in [1.54, 1.807) is 17.1 Å². The number of aromatic nitrogens is 4. The molecule has 2 aromatic heterocycles. The molecule has 0 saturated carbocycles. The zero-order chi connectivity index (χ0) is 17.1. The van der Waals surface area contributed by atoms with Crippen molar-refractivity contribution in [2.75, 3.05) is 18.8 Å². The summed E-state index contributed by atoms with van der Waals surface area (Å²) >= 11 is 0. The summed E-state index contributed by atoms with van der Waals surface area (Å²) < 4.78 is 1.70. The molecule has 1 atom stereocenters. The van der Waals surface area contributed by atoms with Gasteiger partial charge in [0, 0.05) is 26.3 Å². The van der Waals surface area contributed by atoms with Gasteiger partial charge in [0.15, 0.2) is 0 Å². The summed E-state index contributed by atoms with van der Waals surface area (Å²) in [6.07, 6.45) is 9.15. The minimum atomic E-state index is 0.0912. The van der Waals surface area contributed by atoms with E-state index in [-0.39, 0.29) is 5.91 Å². The molecule has 0 aromatic carbocycles. The Morgan fingerprint density at radius 3 is 2.79 bits per heavy atom. The van der Waals surface area contributed by atoms with Gasteiger partial charge in [0.25, 0.3) is 5.91 Å². The molecular formula is C17H24N6O. The molecule has 1 aliphatic heterocycles. The van der Waals surface area contributed by atoms with Crippen molar-refractivity contribution in [2.24, 2.45) is 13.0 Å². The predicted octanol–water partition coefficient (Wildman–Crippen LogP) is 1.59. The first-order chi connectivity index (χ1) is 11.5. The van der Waals surface area contributed by atoms with Crippen molar-refractivity contribution >= 4 is 11.7 Å². The van der Waals surface area contributed by atoms with Crippen LogP contribution in [0.3, 0.4) is 0 Å². The highest BCUT2D eigenvalue weighted by Crippen LogP contribution is 2.22. The second kappa shape index (κ2) is 6.98. The van der Waals surface area contributed by atoms with E-state index in [1.807, 2.05) is 25.1 Å². The van der Waals surface area contributed by atoms with E-state index in [0.717, 1.165) is 50.2 Å². The highest BCUT2D eigenvalue weighted by molar-refractivity contribution is 5.95. The molecule has 0 radical (unpaired) electrons. The lowest BCUT2D eigenvalue weighted by atomic mass is 9.95. The highest BCUT2D eigenvalue weighted by Gasteiger charge is 2.24. The zero-order valence-electron chi connectivity index (χ0n) is 14.3. The molecule has 7 heteroatoms. The number of nitrogen functional groups attached to an aromatic ring is 1. The standard InChI is InChI=1S/C17H24N6O/c1-12-15(11-22(2)21-12)17(24)23-6-3-4-13(5-7-23)8-14-9-20-16(18)10-19-14/h9-11,13H,3-8H2,1-2H3,(H2,18,20)/t13-/m0/s1. The van der Waals surface area contributed by atoms with Gasteiger partial charge in [-0.05, 0) is 38.5 Å².